The molecule has 2 fully saturated rings. The average molecular weight is 566 g/mol. The Kier molecular flexibility index (Phi) is 9.59. The van der Waals surface area contributed by atoms with E-state index in [-0.39, 0.29) is 0 Å². The lowest BCUT2D eigenvalue weighted by Crippen LogP contribution is -2.44. The SMILES string of the molecule is CC(C)CN(Cc1ccc(Cl)cc1)[C@@H]1CCN(CC/C=C2/c3cc(C(C)(C)O)ccc3OCC3NCCCC23)C1. The molecule has 0 amide bonds. The largest absolute Gasteiger partial charge is 0.491 e. The molecule has 3 heterocycles. The van der Waals surface area contributed by atoms with Crippen molar-refractivity contribution >= 4 is 17.2 Å². The molecule has 3 aliphatic heterocycles. The third kappa shape index (κ3) is 7.30. The normalized spacial score (nSPS) is 24.7. The molecular weight excluding hydrogens is 518 g/mol. The molecule has 0 aromatic heterocycles. The Morgan fingerprint density at radius 3 is 2.73 bits per heavy atom. The Balaban J connectivity index is 1.29. The van der Waals surface area contributed by atoms with Gasteiger partial charge in [-0.2, -0.15) is 0 Å². The zero-order valence-corrected chi connectivity index (χ0v) is 25.6. The van der Waals surface area contributed by atoms with Gasteiger partial charge in [-0.3, -0.25) is 4.90 Å². The summed E-state index contributed by atoms with van der Waals surface area (Å²) < 4.78 is 6.31. The minimum absolute atomic E-state index is 0.339. The van der Waals surface area contributed by atoms with Crippen molar-refractivity contribution in [3.05, 3.63) is 70.3 Å². The Morgan fingerprint density at radius 2 is 1.98 bits per heavy atom. The van der Waals surface area contributed by atoms with E-state index in [1.54, 1.807) is 0 Å². The van der Waals surface area contributed by atoms with Crippen molar-refractivity contribution in [3.8, 4) is 5.75 Å². The minimum atomic E-state index is -0.880. The highest BCUT2D eigenvalue weighted by atomic mass is 35.5. The molecule has 3 aliphatic rings. The van der Waals surface area contributed by atoms with Gasteiger partial charge >= 0.3 is 0 Å². The van der Waals surface area contributed by atoms with E-state index in [4.69, 9.17) is 16.3 Å². The first-order valence-electron chi connectivity index (χ1n) is 15.3. The second kappa shape index (κ2) is 13.0. The lowest BCUT2D eigenvalue weighted by atomic mass is 9.80. The van der Waals surface area contributed by atoms with Gasteiger partial charge in [-0.1, -0.05) is 49.7 Å². The molecule has 218 valence electrons. The number of hydrogen-bond donors (Lipinski definition) is 2. The molecule has 5 rings (SSSR count). The van der Waals surface area contributed by atoms with Gasteiger partial charge in [0.25, 0.3) is 0 Å². The quantitative estimate of drug-likeness (QED) is 0.372. The smallest absolute Gasteiger partial charge is 0.126 e. The van der Waals surface area contributed by atoms with Crippen LogP contribution in [0.4, 0.5) is 0 Å². The lowest BCUT2D eigenvalue weighted by Gasteiger charge is -2.32. The summed E-state index contributed by atoms with van der Waals surface area (Å²) in [5, 5.41) is 15.3. The molecule has 40 heavy (non-hydrogen) atoms. The summed E-state index contributed by atoms with van der Waals surface area (Å²) in [5.41, 5.74) is 3.96. The number of benzene rings is 2. The number of halogens is 1. The predicted octanol–water partition coefficient (Wildman–Crippen LogP) is 6.33. The number of piperidine rings is 1. The molecule has 2 aromatic carbocycles. The fraction of sp³-hybridized carbons (Fsp3) is 0.588. The van der Waals surface area contributed by atoms with Crippen LogP contribution in [0.15, 0.2) is 48.5 Å². The van der Waals surface area contributed by atoms with Gasteiger partial charge < -0.3 is 20.1 Å². The predicted molar refractivity (Wildman–Crippen MR) is 166 cm³/mol. The monoisotopic (exact) mass is 565 g/mol. The molecule has 2 saturated heterocycles. The number of ether oxygens (including phenoxy) is 1. The number of rotatable bonds is 9. The summed E-state index contributed by atoms with van der Waals surface area (Å²) in [5.74, 6) is 2.02. The summed E-state index contributed by atoms with van der Waals surface area (Å²) in [6.07, 6.45) is 7.10. The molecule has 2 N–H and O–H groups in total. The maximum atomic E-state index is 10.7. The average Bonchev–Trinajstić information content (AvgIpc) is 3.33. The van der Waals surface area contributed by atoms with Crippen molar-refractivity contribution in [1.82, 2.24) is 15.1 Å². The van der Waals surface area contributed by atoms with Gasteiger partial charge in [0.1, 0.15) is 12.4 Å². The second-order valence-electron chi connectivity index (χ2n) is 13.0. The number of likely N-dealkylation sites (tertiary alicyclic amines) is 1. The topological polar surface area (TPSA) is 48.0 Å². The maximum Gasteiger partial charge on any atom is 0.126 e. The van der Waals surface area contributed by atoms with Gasteiger partial charge in [0.05, 0.1) is 5.60 Å². The van der Waals surface area contributed by atoms with Crippen LogP contribution in [0.5, 0.6) is 5.75 Å². The van der Waals surface area contributed by atoms with E-state index in [9.17, 15) is 5.11 Å². The molecule has 0 saturated carbocycles. The van der Waals surface area contributed by atoms with E-state index in [0.29, 0.717) is 30.5 Å². The molecular formula is C34H48ClN3O2. The van der Waals surface area contributed by atoms with Crippen LogP contribution in [0, 0.1) is 11.8 Å². The molecule has 3 atom stereocenters. The van der Waals surface area contributed by atoms with Gasteiger partial charge in [0.15, 0.2) is 0 Å². The molecule has 0 radical (unpaired) electrons. The fourth-order valence-corrected chi connectivity index (χ4v) is 6.88. The van der Waals surface area contributed by atoms with Crippen LogP contribution in [-0.4, -0.2) is 66.3 Å². The summed E-state index contributed by atoms with van der Waals surface area (Å²) >= 11 is 6.14. The standard InChI is InChI=1S/C34H48ClN3O2/c1-24(2)20-38(21-25-9-12-27(35)13-10-25)28-15-18-37(22-28)17-6-8-29-30-7-5-16-36-32(30)23-40-33-14-11-26(19-31(29)33)34(3,4)39/h8-14,19,24,28,30,32,36,39H,5-7,15-18,20-23H2,1-4H3/b29-8+/t28-,30?,32?/m1/s1. The van der Waals surface area contributed by atoms with Crippen LogP contribution in [0.25, 0.3) is 5.57 Å². The first kappa shape index (κ1) is 29.6. The zero-order chi connectivity index (χ0) is 28.3. The molecule has 0 bridgehead atoms. The number of nitrogens with zero attached hydrogens (tertiary/aromatic N) is 2. The van der Waals surface area contributed by atoms with Crippen molar-refractivity contribution in [2.45, 2.75) is 77.6 Å². The number of hydrogen-bond acceptors (Lipinski definition) is 5. The van der Waals surface area contributed by atoms with E-state index in [1.165, 1.54) is 36.0 Å². The highest BCUT2D eigenvalue weighted by Gasteiger charge is 2.34. The second-order valence-corrected chi connectivity index (χ2v) is 13.5. The van der Waals surface area contributed by atoms with Gasteiger partial charge in [0.2, 0.25) is 0 Å². The van der Waals surface area contributed by atoms with Gasteiger partial charge in [-0.05, 0) is 99.5 Å². The third-order valence-electron chi connectivity index (χ3n) is 8.87. The van der Waals surface area contributed by atoms with E-state index in [2.05, 4.69) is 59.3 Å². The third-order valence-corrected chi connectivity index (χ3v) is 9.12. The van der Waals surface area contributed by atoms with Crippen LogP contribution in [0.2, 0.25) is 5.02 Å². The summed E-state index contributed by atoms with van der Waals surface area (Å²) in [6.45, 7) is 15.6. The Labute approximate surface area is 246 Å². The van der Waals surface area contributed by atoms with Crippen LogP contribution in [0.1, 0.15) is 70.1 Å². The van der Waals surface area contributed by atoms with Crippen molar-refractivity contribution in [2.75, 3.05) is 39.3 Å². The minimum Gasteiger partial charge on any atom is -0.491 e. The van der Waals surface area contributed by atoms with E-state index < -0.39 is 5.60 Å². The van der Waals surface area contributed by atoms with Gasteiger partial charge in [0, 0.05) is 54.8 Å². The summed E-state index contributed by atoms with van der Waals surface area (Å²) in [7, 11) is 0. The molecule has 6 heteroatoms. The van der Waals surface area contributed by atoms with Crippen LogP contribution >= 0.6 is 11.6 Å². The van der Waals surface area contributed by atoms with Crippen LogP contribution in [-0.2, 0) is 12.1 Å². The Morgan fingerprint density at radius 1 is 1.18 bits per heavy atom. The van der Waals surface area contributed by atoms with E-state index in [1.807, 2.05) is 32.0 Å². The fourth-order valence-electron chi connectivity index (χ4n) is 6.75. The lowest BCUT2D eigenvalue weighted by molar-refractivity contribution is 0.0785. The molecule has 0 spiro atoms. The zero-order valence-electron chi connectivity index (χ0n) is 24.8. The van der Waals surface area contributed by atoms with E-state index >= 15 is 0 Å². The van der Waals surface area contributed by atoms with Crippen LogP contribution < -0.4 is 10.1 Å². The molecule has 2 aromatic rings. The molecule has 5 nitrogen and oxygen atoms in total. The summed E-state index contributed by atoms with van der Waals surface area (Å²) in [6, 6.07) is 15.5. The van der Waals surface area contributed by atoms with Crippen molar-refractivity contribution in [3.63, 3.8) is 0 Å². The highest BCUT2D eigenvalue weighted by molar-refractivity contribution is 6.30. The first-order valence-corrected chi connectivity index (χ1v) is 15.7. The van der Waals surface area contributed by atoms with Crippen molar-refractivity contribution in [1.29, 1.82) is 0 Å². The number of nitrogens with one attached hydrogen (secondary N) is 1. The van der Waals surface area contributed by atoms with Gasteiger partial charge in [-0.25, -0.2) is 0 Å². The first-order chi connectivity index (χ1) is 19.2. The van der Waals surface area contributed by atoms with Gasteiger partial charge in [-0.15, -0.1) is 0 Å². The molecule has 0 aliphatic carbocycles. The van der Waals surface area contributed by atoms with Crippen LogP contribution in [0.3, 0.4) is 0 Å². The highest BCUT2D eigenvalue weighted by Crippen LogP contribution is 2.41. The summed E-state index contributed by atoms with van der Waals surface area (Å²) in [4.78, 5) is 5.33. The Hall–Kier alpha value is -1.89. The van der Waals surface area contributed by atoms with Crippen molar-refractivity contribution < 1.29 is 9.84 Å². The molecule has 2 unspecified atom stereocenters. The number of aliphatic hydroxyl groups is 1. The maximum absolute atomic E-state index is 10.7. The van der Waals surface area contributed by atoms with Crippen molar-refractivity contribution in [2.24, 2.45) is 11.8 Å². The van der Waals surface area contributed by atoms with E-state index in [0.717, 1.165) is 62.0 Å². The number of fused-ring (bicyclic) bond motifs is 2. The Bertz CT molecular complexity index is 1160.